The minimum atomic E-state index is -0.793. The summed E-state index contributed by atoms with van der Waals surface area (Å²) in [5.41, 5.74) is 0. The highest BCUT2D eigenvalue weighted by molar-refractivity contribution is 5.70. The Morgan fingerprint density at radius 2 is 0.478 bits per heavy atom. The average molecular weight is 1250 g/mol. The van der Waals surface area contributed by atoms with E-state index in [2.05, 4.69) is 160 Å². The van der Waals surface area contributed by atoms with Gasteiger partial charge in [0, 0.05) is 12.8 Å². The van der Waals surface area contributed by atoms with Gasteiger partial charge in [0.2, 0.25) is 0 Å². The first-order valence-electron chi connectivity index (χ1n) is 38.4. The zero-order valence-corrected chi connectivity index (χ0v) is 59.1. The molecule has 0 bridgehead atoms. The summed E-state index contributed by atoms with van der Waals surface area (Å²) in [6.45, 7) is 4.04. The molecule has 0 fully saturated rings. The summed E-state index contributed by atoms with van der Waals surface area (Å²) in [6, 6.07) is 0. The SMILES string of the molecule is CC/C=C\C/C=C\C/C=C\C/C=C\C/C=C\C/C=C\C/C=C\C/C=C\C/C=C\C/C=C\C/C=C\CCCCCCCC(=O)OC(CO)COC(=O)CCCCCCCCCCCCCCCCCCCCCCCCCCC/C=C\CCCCCCCCCC. The van der Waals surface area contributed by atoms with Crippen molar-refractivity contribution in [1.82, 2.24) is 0 Å². The molecule has 0 aliphatic carbocycles. The number of aliphatic hydroxyl groups excluding tert-OH is 1. The van der Waals surface area contributed by atoms with E-state index in [9.17, 15) is 14.7 Å². The van der Waals surface area contributed by atoms with Crippen molar-refractivity contribution in [2.75, 3.05) is 13.2 Å². The van der Waals surface area contributed by atoms with Crippen molar-refractivity contribution in [1.29, 1.82) is 0 Å². The average Bonchev–Trinajstić information content (AvgIpc) is 3.59. The van der Waals surface area contributed by atoms with Gasteiger partial charge in [0.25, 0.3) is 0 Å². The Bertz CT molecular complexity index is 1850. The van der Waals surface area contributed by atoms with Crippen LogP contribution in [-0.4, -0.2) is 36.4 Å². The van der Waals surface area contributed by atoms with Gasteiger partial charge in [-0.1, -0.05) is 372 Å². The fourth-order valence-corrected chi connectivity index (χ4v) is 10.9. The van der Waals surface area contributed by atoms with E-state index >= 15 is 0 Å². The summed E-state index contributed by atoms with van der Waals surface area (Å²) >= 11 is 0. The first-order chi connectivity index (χ1) is 44.6. The molecule has 514 valence electrons. The van der Waals surface area contributed by atoms with E-state index < -0.39 is 6.10 Å². The lowest BCUT2D eigenvalue weighted by atomic mass is 10.0. The Kier molecular flexibility index (Phi) is 75.3. The van der Waals surface area contributed by atoms with Crippen molar-refractivity contribution in [3.63, 3.8) is 0 Å². The van der Waals surface area contributed by atoms with Gasteiger partial charge < -0.3 is 14.6 Å². The molecule has 0 aliphatic rings. The topological polar surface area (TPSA) is 72.8 Å². The van der Waals surface area contributed by atoms with Gasteiger partial charge in [0.05, 0.1) is 6.61 Å². The molecule has 0 saturated heterocycles. The van der Waals surface area contributed by atoms with Gasteiger partial charge in [0.1, 0.15) is 6.61 Å². The minimum absolute atomic E-state index is 0.0786. The number of carbonyl (C=O) groups is 2. The standard InChI is InChI=1S/C85H144O5/c1-3-5-7-9-11-13-15-17-19-21-23-25-27-29-31-33-35-37-39-41-42-44-46-48-50-52-54-56-58-60-62-64-66-68-70-72-74-76-78-80-85(88)90-83(81-86)82-89-84(87)79-77-75-73-71-69-67-65-63-61-59-57-55-53-51-49-47-45-43-40-38-36-34-32-30-28-26-24-22-20-18-16-14-12-10-8-6-4-2/h5,7,11,13,17,19,22-25,29,31,35,37,41-42,46,48,52,54,58,60,64,66,83,86H,3-4,6,8-10,12,14-16,18,20-21,26-28,30,32-34,36,38-40,43-45,47,49-51,53,55-57,59,61-63,65,67-82H2,1-2H3/b7-5-,13-11-,19-17-,24-22-,25-23-,31-29-,37-35-,42-41-,48-46-,54-52-,60-58-,66-64-. The van der Waals surface area contributed by atoms with E-state index in [1.165, 1.54) is 205 Å². The second-order valence-corrected chi connectivity index (χ2v) is 25.3. The van der Waals surface area contributed by atoms with Crippen molar-refractivity contribution in [2.45, 2.75) is 367 Å². The number of aliphatic hydroxyl groups is 1. The molecular formula is C85H144O5. The second-order valence-electron chi connectivity index (χ2n) is 25.3. The van der Waals surface area contributed by atoms with Gasteiger partial charge in [-0.15, -0.1) is 0 Å². The van der Waals surface area contributed by atoms with E-state index in [0.29, 0.717) is 12.8 Å². The summed E-state index contributed by atoms with van der Waals surface area (Å²) in [4.78, 5) is 24.7. The molecule has 5 heteroatoms. The largest absolute Gasteiger partial charge is 0.462 e. The van der Waals surface area contributed by atoms with E-state index in [1.54, 1.807) is 0 Å². The van der Waals surface area contributed by atoms with Crippen LogP contribution in [-0.2, 0) is 19.1 Å². The highest BCUT2D eigenvalue weighted by atomic mass is 16.6. The van der Waals surface area contributed by atoms with Crippen LogP contribution in [0.15, 0.2) is 146 Å². The van der Waals surface area contributed by atoms with Crippen LogP contribution in [0.1, 0.15) is 361 Å². The molecule has 0 rings (SSSR count). The monoisotopic (exact) mass is 1250 g/mol. The number of hydrogen-bond donors (Lipinski definition) is 1. The van der Waals surface area contributed by atoms with Gasteiger partial charge in [-0.3, -0.25) is 9.59 Å². The van der Waals surface area contributed by atoms with Crippen molar-refractivity contribution in [3.05, 3.63) is 146 Å². The lowest BCUT2D eigenvalue weighted by Gasteiger charge is -2.15. The smallest absolute Gasteiger partial charge is 0.306 e. The van der Waals surface area contributed by atoms with Crippen molar-refractivity contribution >= 4 is 11.9 Å². The quantitative estimate of drug-likeness (QED) is 0.0373. The summed E-state index contributed by atoms with van der Waals surface area (Å²) in [7, 11) is 0. The fraction of sp³-hybridized carbons (Fsp3) is 0.694. The molecule has 0 aromatic carbocycles. The third kappa shape index (κ3) is 76.2. The molecule has 0 heterocycles. The maximum atomic E-state index is 12.4. The summed E-state index contributed by atoms with van der Waals surface area (Å²) in [5, 5.41) is 9.72. The van der Waals surface area contributed by atoms with E-state index in [0.717, 1.165) is 128 Å². The third-order valence-electron chi connectivity index (χ3n) is 16.6. The number of rotatable bonds is 70. The van der Waals surface area contributed by atoms with E-state index in [-0.39, 0.29) is 25.2 Å². The molecule has 0 radical (unpaired) electrons. The van der Waals surface area contributed by atoms with Gasteiger partial charge in [-0.25, -0.2) is 0 Å². The first-order valence-corrected chi connectivity index (χ1v) is 38.4. The number of esters is 2. The number of allylic oxidation sites excluding steroid dienone is 24. The second kappa shape index (κ2) is 79.0. The van der Waals surface area contributed by atoms with Crippen LogP contribution >= 0.6 is 0 Å². The minimum Gasteiger partial charge on any atom is -0.462 e. The Morgan fingerprint density at radius 3 is 0.733 bits per heavy atom. The van der Waals surface area contributed by atoms with Gasteiger partial charge >= 0.3 is 11.9 Å². The Hall–Kier alpha value is -4.22. The molecular weight excluding hydrogens is 1100 g/mol. The molecule has 0 saturated carbocycles. The van der Waals surface area contributed by atoms with Crippen LogP contribution in [0.3, 0.4) is 0 Å². The van der Waals surface area contributed by atoms with Gasteiger partial charge in [0.15, 0.2) is 6.10 Å². The summed E-state index contributed by atoms with van der Waals surface area (Å²) < 4.78 is 10.8. The van der Waals surface area contributed by atoms with Crippen LogP contribution in [0.2, 0.25) is 0 Å². The molecule has 5 nitrogen and oxygen atoms in total. The summed E-state index contributed by atoms with van der Waals surface area (Å²) in [5.74, 6) is -0.608. The number of hydrogen-bond acceptors (Lipinski definition) is 5. The van der Waals surface area contributed by atoms with Crippen LogP contribution in [0.5, 0.6) is 0 Å². The normalized spacial score (nSPS) is 13.1. The Balaban J connectivity index is 3.53. The number of unbranched alkanes of at least 4 members (excludes halogenated alkanes) is 38. The molecule has 0 aromatic heterocycles. The fourth-order valence-electron chi connectivity index (χ4n) is 10.9. The van der Waals surface area contributed by atoms with Crippen molar-refractivity contribution in [2.24, 2.45) is 0 Å². The van der Waals surface area contributed by atoms with Crippen molar-refractivity contribution < 1.29 is 24.2 Å². The van der Waals surface area contributed by atoms with Crippen LogP contribution in [0.4, 0.5) is 0 Å². The van der Waals surface area contributed by atoms with Crippen LogP contribution in [0, 0.1) is 0 Å². The molecule has 0 spiro atoms. The molecule has 1 unspecified atom stereocenters. The molecule has 90 heavy (non-hydrogen) atoms. The lowest BCUT2D eigenvalue weighted by Crippen LogP contribution is -2.28. The van der Waals surface area contributed by atoms with Gasteiger partial charge in [-0.2, -0.15) is 0 Å². The maximum Gasteiger partial charge on any atom is 0.306 e. The highest BCUT2D eigenvalue weighted by Gasteiger charge is 2.16. The predicted octanol–water partition coefficient (Wildman–Crippen LogP) is 27.2. The maximum absolute atomic E-state index is 12.4. The highest BCUT2D eigenvalue weighted by Crippen LogP contribution is 2.18. The third-order valence-corrected chi connectivity index (χ3v) is 16.6. The van der Waals surface area contributed by atoms with Crippen LogP contribution in [0.25, 0.3) is 0 Å². The zero-order valence-electron chi connectivity index (χ0n) is 59.1. The van der Waals surface area contributed by atoms with Crippen molar-refractivity contribution in [3.8, 4) is 0 Å². The lowest BCUT2D eigenvalue weighted by molar-refractivity contribution is -0.161. The molecule has 1 N–H and O–H groups in total. The molecule has 0 aromatic rings. The Morgan fingerprint density at radius 1 is 0.267 bits per heavy atom. The predicted molar refractivity (Wildman–Crippen MR) is 398 cm³/mol. The zero-order chi connectivity index (χ0) is 64.7. The molecule has 1 atom stereocenters. The molecule has 0 aliphatic heterocycles. The van der Waals surface area contributed by atoms with Gasteiger partial charge in [-0.05, 0) is 122 Å². The Labute approximate surface area is 558 Å². The van der Waals surface area contributed by atoms with E-state index in [1.807, 2.05) is 0 Å². The number of ether oxygens (including phenoxy) is 2. The van der Waals surface area contributed by atoms with E-state index in [4.69, 9.17) is 9.47 Å². The number of carbonyl (C=O) groups excluding carboxylic acids is 2. The van der Waals surface area contributed by atoms with Crippen LogP contribution < -0.4 is 0 Å². The summed E-state index contributed by atoms with van der Waals surface area (Å²) in [6.07, 6.45) is 119. The molecule has 0 amide bonds. The first kappa shape index (κ1) is 85.8.